The SMILES string of the molecule is CNCC1CCCCN1S(=O)(=O)N1[C@H](C)CCC[C@@H]1C. The smallest absolute Gasteiger partial charge is 0.282 e. The van der Waals surface area contributed by atoms with Gasteiger partial charge in [-0.2, -0.15) is 17.0 Å². The Hall–Kier alpha value is -0.170. The Morgan fingerprint density at radius 1 is 1.05 bits per heavy atom. The van der Waals surface area contributed by atoms with Gasteiger partial charge >= 0.3 is 0 Å². The zero-order valence-corrected chi connectivity index (χ0v) is 13.8. The second-order valence-electron chi connectivity index (χ2n) is 6.28. The van der Waals surface area contributed by atoms with E-state index in [1.54, 1.807) is 8.61 Å². The minimum atomic E-state index is -3.33. The summed E-state index contributed by atoms with van der Waals surface area (Å²) in [6.45, 7) is 5.51. The van der Waals surface area contributed by atoms with E-state index >= 15 is 0 Å². The topological polar surface area (TPSA) is 52.7 Å². The molecule has 0 aromatic carbocycles. The van der Waals surface area contributed by atoms with Gasteiger partial charge in [-0.25, -0.2) is 0 Å². The molecule has 118 valence electrons. The first-order valence-corrected chi connectivity index (χ1v) is 9.33. The molecular formula is C14H29N3O2S. The van der Waals surface area contributed by atoms with Crippen LogP contribution in [-0.2, 0) is 10.2 Å². The predicted octanol–water partition coefficient (Wildman–Crippen LogP) is 1.57. The van der Waals surface area contributed by atoms with E-state index < -0.39 is 10.2 Å². The summed E-state index contributed by atoms with van der Waals surface area (Å²) >= 11 is 0. The molecule has 0 saturated carbocycles. The Morgan fingerprint density at radius 3 is 2.30 bits per heavy atom. The number of piperidine rings is 2. The van der Waals surface area contributed by atoms with Crippen molar-refractivity contribution in [3.05, 3.63) is 0 Å². The number of hydrogen-bond acceptors (Lipinski definition) is 3. The van der Waals surface area contributed by atoms with Gasteiger partial charge in [-0.1, -0.05) is 12.8 Å². The lowest BCUT2D eigenvalue weighted by Gasteiger charge is -2.44. The average Bonchev–Trinajstić information content (AvgIpc) is 2.39. The standard InChI is InChI=1S/C14H29N3O2S/c1-12-7-6-8-13(2)17(12)20(18,19)16-10-5-4-9-14(16)11-15-3/h12-15H,4-11H2,1-3H3/t12-,13+,14?. The van der Waals surface area contributed by atoms with E-state index in [9.17, 15) is 8.42 Å². The molecule has 0 bridgehead atoms. The largest absolute Gasteiger partial charge is 0.318 e. The molecule has 2 aliphatic heterocycles. The number of likely N-dealkylation sites (N-methyl/N-ethyl adjacent to an activating group) is 1. The summed E-state index contributed by atoms with van der Waals surface area (Å²) < 4.78 is 29.7. The Bertz CT molecular complexity index is 401. The molecule has 0 aromatic rings. The van der Waals surface area contributed by atoms with Gasteiger partial charge in [0.05, 0.1) is 0 Å². The molecule has 2 saturated heterocycles. The molecular weight excluding hydrogens is 274 g/mol. The van der Waals surface area contributed by atoms with Crippen molar-refractivity contribution in [3.63, 3.8) is 0 Å². The van der Waals surface area contributed by atoms with Crippen molar-refractivity contribution in [3.8, 4) is 0 Å². The quantitative estimate of drug-likeness (QED) is 0.857. The number of rotatable bonds is 4. The maximum absolute atomic E-state index is 13.1. The van der Waals surface area contributed by atoms with Crippen LogP contribution >= 0.6 is 0 Å². The van der Waals surface area contributed by atoms with Crippen molar-refractivity contribution >= 4 is 10.2 Å². The second-order valence-corrected chi connectivity index (χ2v) is 8.07. The van der Waals surface area contributed by atoms with Gasteiger partial charge in [-0.05, 0) is 46.6 Å². The third-order valence-corrected chi connectivity index (χ3v) is 7.01. The summed E-state index contributed by atoms with van der Waals surface area (Å²) in [7, 11) is -1.43. The first kappa shape index (κ1) is 16.2. The van der Waals surface area contributed by atoms with Gasteiger partial charge in [0.1, 0.15) is 0 Å². The van der Waals surface area contributed by atoms with Crippen molar-refractivity contribution < 1.29 is 8.42 Å². The van der Waals surface area contributed by atoms with Crippen LogP contribution in [0.2, 0.25) is 0 Å². The first-order valence-electron chi connectivity index (χ1n) is 7.93. The van der Waals surface area contributed by atoms with Gasteiger partial charge < -0.3 is 5.32 Å². The predicted molar refractivity (Wildman–Crippen MR) is 81.8 cm³/mol. The first-order chi connectivity index (χ1) is 9.48. The lowest BCUT2D eigenvalue weighted by molar-refractivity contribution is 0.167. The molecule has 0 aromatic heterocycles. The van der Waals surface area contributed by atoms with Crippen molar-refractivity contribution in [1.29, 1.82) is 0 Å². The zero-order chi connectivity index (χ0) is 14.8. The number of hydrogen-bond donors (Lipinski definition) is 1. The highest BCUT2D eigenvalue weighted by atomic mass is 32.2. The van der Waals surface area contributed by atoms with Crippen molar-refractivity contribution in [2.75, 3.05) is 20.1 Å². The van der Waals surface area contributed by atoms with Crippen LogP contribution in [-0.4, -0.2) is 55.3 Å². The van der Waals surface area contributed by atoms with Crippen LogP contribution in [0, 0.1) is 0 Å². The van der Waals surface area contributed by atoms with E-state index in [4.69, 9.17) is 0 Å². The molecule has 0 spiro atoms. The van der Waals surface area contributed by atoms with E-state index in [-0.39, 0.29) is 18.1 Å². The zero-order valence-electron chi connectivity index (χ0n) is 13.0. The van der Waals surface area contributed by atoms with Crippen LogP contribution in [0.5, 0.6) is 0 Å². The van der Waals surface area contributed by atoms with Crippen molar-refractivity contribution in [2.45, 2.75) is 70.5 Å². The molecule has 0 radical (unpaired) electrons. The third kappa shape index (κ3) is 3.18. The third-order valence-electron chi connectivity index (χ3n) is 4.69. The molecule has 2 heterocycles. The van der Waals surface area contributed by atoms with E-state index in [1.807, 2.05) is 20.9 Å². The summed E-state index contributed by atoms with van der Waals surface area (Å²) in [5, 5.41) is 3.14. The van der Waals surface area contributed by atoms with Gasteiger partial charge in [0.15, 0.2) is 0 Å². The summed E-state index contributed by atoms with van der Waals surface area (Å²) in [4.78, 5) is 0. The molecule has 0 amide bonds. The van der Waals surface area contributed by atoms with E-state index in [0.29, 0.717) is 6.54 Å². The van der Waals surface area contributed by atoms with Gasteiger partial charge in [0, 0.05) is 31.2 Å². The van der Waals surface area contributed by atoms with Crippen LogP contribution in [0.4, 0.5) is 0 Å². The highest BCUT2D eigenvalue weighted by molar-refractivity contribution is 7.86. The van der Waals surface area contributed by atoms with Crippen LogP contribution in [0.1, 0.15) is 52.4 Å². The lowest BCUT2D eigenvalue weighted by atomic mass is 10.0. The summed E-state index contributed by atoms with van der Waals surface area (Å²) in [6, 6.07) is 0.363. The summed E-state index contributed by atoms with van der Waals surface area (Å²) in [5.74, 6) is 0. The monoisotopic (exact) mass is 303 g/mol. The average molecular weight is 303 g/mol. The highest BCUT2D eigenvalue weighted by Crippen LogP contribution is 2.30. The Kier molecular flexibility index (Phi) is 5.45. The van der Waals surface area contributed by atoms with Gasteiger partial charge in [-0.3, -0.25) is 0 Å². The molecule has 0 aliphatic carbocycles. The minimum absolute atomic E-state index is 0.111. The molecule has 1 N–H and O–H groups in total. The lowest BCUT2D eigenvalue weighted by Crippen LogP contribution is -2.58. The molecule has 5 nitrogen and oxygen atoms in total. The molecule has 2 fully saturated rings. The van der Waals surface area contributed by atoms with E-state index in [2.05, 4.69) is 5.32 Å². The van der Waals surface area contributed by atoms with E-state index in [1.165, 1.54) is 0 Å². The van der Waals surface area contributed by atoms with Gasteiger partial charge in [0.25, 0.3) is 10.2 Å². The van der Waals surface area contributed by atoms with Crippen molar-refractivity contribution in [2.24, 2.45) is 0 Å². The fraction of sp³-hybridized carbons (Fsp3) is 1.00. The fourth-order valence-corrected chi connectivity index (χ4v) is 5.97. The fourth-order valence-electron chi connectivity index (χ4n) is 3.69. The Labute approximate surface area is 123 Å². The summed E-state index contributed by atoms with van der Waals surface area (Å²) in [5.41, 5.74) is 0. The Balaban J connectivity index is 2.22. The molecule has 6 heteroatoms. The molecule has 2 rings (SSSR count). The van der Waals surface area contributed by atoms with Crippen LogP contribution in [0.25, 0.3) is 0 Å². The molecule has 3 atom stereocenters. The van der Waals surface area contributed by atoms with E-state index in [0.717, 1.165) is 45.1 Å². The molecule has 20 heavy (non-hydrogen) atoms. The molecule has 2 aliphatic rings. The van der Waals surface area contributed by atoms with Gasteiger partial charge in [0.2, 0.25) is 0 Å². The Morgan fingerprint density at radius 2 is 1.70 bits per heavy atom. The van der Waals surface area contributed by atoms with Crippen LogP contribution in [0.15, 0.2) is 0 Å². The second kappa shape index (κ2) is 6.73. The highest BCUT2D eigenvalue weighted by Gasteiger charge is 2.41. The number of nitrogens with zero attached hydrogens (tertiary/aromatic N) is 2. The maximum Gasteiger partial charge on any atom is 0.282 e. The van der Waals surface area contributed by atoms with Crippen LogP contribution in [0.3, 0.4) is 0 Å². The maximum atomic E-state index is 13.1. The minimum Gasteiger partial charge on any atom is -0.318 e. The summed E-state index contributed by atoms with van der Waals surface area (Å²) in [6.07, 6.45) is 6.17. The normalized spacial score (nSPS) is 34.2. The van der Waals surface area contributed by atoms with Gasteiger partial charge in [-0.15, -0.1) is 0 Å². The van der Waals surface area contributed by atoms with Crippen molar-refractivity contribution in [1.82, 2.24) is 13.9 Å². The molecule has 1 unspecified atom stereocenters. The van der Waals surface area contributed by atoms with Crippen LogP contribution < -0.4 is 5.32 Å². The number of nitrogens with one attached hydrogen (secondary N) is 1.